The lowest BCUT2D eigenvalue weighted by molar-refractivity contribution is -0.132. The largest absolute Gasteiger partial charge is 0.490 e. The molecule has 0 heterocycles. The van der Waals surface area contributed by atoms with E-state index in [-0.39, 0.29) is 12.2 Å². The van der Waals surface area contributed by atoms with E-state index < -0.39 is 5.97 Å². The SMILES string of the molecule is COCCc1ccc(OCC=C(C)C(=O)O)cc1. The number of methoxy groups -OCH3 is 1. The van der Waals surface area contributed by atoms with Gasteiger partial charge in [0.25, 0.3) is 0 Å². The molecule has 1 aromatic rings. The molecule has 0 atom stereocenters. The molecule has 18 heavy (non-hydrogen) atoms. The van der Waals surface area contributed by atoms with Crippen LogP contribution in [0.3, 0.4) is 0 Å². The Bertz CT molecular complexity index is 406. The van der Waals surface area contributed by atoms with E-state index in [9.17, 15) is 4.79 Å². The molecule has 4 nitrogen and oxygen atoms in total. The van der Waals surface area contributed by atoms with Crippen molar-refractivity contribution in [2.45, 2.75) is 13.3 Å². The Morgan fingerprint density at radius 2 is 2.00 bits per heavy atom. The molecule has 0 aromatic heterocycles. The fourth-order valence-electron chi connectivity index (χ4n) is 1.32. The molecule has 0 unspecified atom stereocenters. The van der Waals surface area contributed by atoms with Crippen LogP contribution in [0.5, 0.6) is 5.75 Å². The molecule has 4 heteroatoms. The van der Waals surface area contributed by atoms with E-state index >= 15 is 0 Å². The number of hydrogen-bond acceptors (Lipinski definition) is 3. The highest BCUT2D eigenvalue weighted by Gasteiger charge is 1.99. The van der Waals surface area contributed by atoms with Crippen molar-refractivity contribution in [2.75, 3.05) is 20.3 Å². The monoisotopic (exact) mass is 250 g/mol. The topological polar surface area (TPSA) is 55.8 Å². The first kappa shape index (κ1) is 14.3. The first-order valence-corrected chi connectivity index (χ1v) is 5.74. The van der Waals surface area contributed by atoms with E-state index in [1.54, 1.807) is 20.1 Å². The summed E-state index contributed by atoms with van der Waals surface area (Å²) in [6, 6.07) is 7.69. The first-order valence-electron chi connectivity index (χ1n) is 5.74. The van der Waals surface area contributed by atoms with Crippen LogP contribution >= 0.6 is 0 Å². The predicted molar refractivity (Wildman–Crippen MR) is 68.9 cm³/mol. The second kappa shape index (κ2) is 7.50. The van der Waals surface area contributed by atoms with Crippen LogP contribution < -0.4 is 4.74 Å². The Hall–Kier alpha value is -1.81. The van der Waals surface area contributed by atoms with Gasteiger partial charge in [-0.3, -0.25) is 0 Å². The zero-order valence-electron chi connectivity index (χ0n) is 10.7. The fraction of sp³-hybridized carbons (Fsp3) is 0.357. The summed E-state index contributed by atoms with van der Waals surface area (Å²) in [5.41, 5.74) is 1.47. The maximum Gasteiger partial charge on any atom is 0.331 e. The van der Waals surface area contributed by atoms with Crippen molar-refractivity contribution in [3.63, 3.8) is 0 Å². The molecule has 1 rings (SSSR count). The third kappa shape index (κ3) is 5.01. The van der Waals surface area contributed by atoms with Gasteiger partial charge in [0.1, 0.15) is 12.4 Å². The smallest absolute Gasteiger partial charge is 0.331 e. The van der Waals surface area contributed by atoms with Crippen LogP contribution in [-0.2, 0) is 16.0 Å². The summed E-state index contributed by atoms with van der Waals surface area (Å²) < 4.78 is 10.4. The normalized spacial score (nSPS) is 11.3. The molecule has 0 aliphatic heterocycles. The molecule has 0 aliphatic carbocycles. The quantitative estimate of drug-likeness (QED) is 0.754. The molecular weight excluding hydrogens is 232 g/mol. The van der Waals surface area contributed by atoms with Crippen LogP contribution in [0.2, 0.25) is 0 Å². The molecule has 0 saturated carbocycles. The molecule has 0 fully saturated rings. The number of carbonyl (C=O) groups is 1. The summed E-state index contributed by atoms with van der Waals surface area (Å²) in [6.07, 6.45) is 2.41. The van der Waals surface area contributed by atoms with Gasteiger partial charge in [-0.1, -0.05) is 12.1 Å². The van der Waals surface area contributed by atoms with Gasteiger partial charge in [-0.25, -0.2) is 4.79 Å². The predicted octanol–water partition coefficient (Wildman–Crippen LogP) is 2.29. The minimum atomic E-state index is -0.923. The lowest BCUT2D eigenvalue weighted by Crippen LogP contribution is -2.01. The zero-order valence-corrected chi connectivity index (χ0v) is 10.7. The number of carboxylic acids is 1. The number of rotatable bonds is 7. The third-order valence-electron chi connectivity index (χ3n) is 2.50. The number of ether oxygens (including phenoxy) is 2. The van der Waals surface area contributed by atoms with Crippen molar-refractivity contribution in [3.8, 4) is 5.75 Å². The molecule has 0 saturated heterocycles. The molecular formula is C14H18O4. The highest BCUT2D eigenvalue weighted by molar-refractivity contribution is 5.85. The van der Waals surface area contributed by atoms with E-state index in [1.165, 1.54) is 5.56 Å². The van der Waals surface area contributed by atoms with Crippen molar-refractivity contribution < 1.29 is 19.4 Å². The van der Waals surface area contributed by atoms with Crippen LogP contribution in [0.1, 0.15) is 12.5 Å². The highest BCUT2D eigenvalue weighted by atomic mass is 16.5. The summed E-state index contributed by atoms with van der Waals surface area (Å²) >= 11 is 0. The van der Waals surface area contributed by atoms with E-state index in [0.717, 1.165) is 12.2 Å². The maximum absolute atomic E-state index is 10.6. The van der Waals surface area contributed by atoms with Crippen molar-refractivity contribution in [3.05, 3.63) is 41.5 Å². The van der Waals surface area contributed by atoms with Gasteiger partial charge in [0.2, 0.25) is 0 Å². The van der Waals surface area contributed by atoms with Gasteiger partial charge in [-0.15, -0.1) is 0 Å². The van der Waals surface area contributed by atoms with Crippen molar-refractivity contribution in [1.82, 2.24) is 0 Å². The summed E-state index contributed by atoms with van der Waals surface area (Å²) in [7, 11) is 1.68. The molecule has 0 bridgehead atoms. The van der Waals surface area contributed by atoms with Gasteiger partial charge < -0.3 is 14.6 Å². The standard InChI is InChI=1S/C14H18O4/c1-11(14(15)16)7-10-18-13-5-3-12(4-6-13)8-9-17-2/h3-7H,8-10H2,1-2H3,(H,15,16). The molecule has 0 aliphatic rings. The molecule has 0 amide bonds. The van der Waals surface area contributed by atoms with Crippen LogP contribution in [0.15, 0.2) is 35.9 Å². The average Bonchev–Trinajstić information content (AvgIpc) is 2.37. The average molecular weight is 250 g/mol. The molecule has 98 valence electrons. The van der Waals surface area contributed by atoms with Gasteiger partial charge in [0.05, 0.1) is 6.61 Å². The zero-order chi connectivity index (χ0) is 13.4. The number of carboxylic acid groups (broad SMARTS) is 1. The minimum absolute atomic E-state index is 0.259. The molecule has 0 spiro atoms. The number of benzene rings is 1. The van der Waals surface area contributed by atoms with Crippen LogP contribution in [0.4, 0.5) is 0 Å². The summed E-state index contributed by atoms with van der Waals surface area (Å²) in [6.45, 7) is 2.50. The highest BCUT2D eigenvalue weighted by Crippen LogP contribution is 2.12. The van der Waals surface area contributed by atoms with E-state index in [2.05, 4.69) is 0 Å². The number of hydrogen-bond donors (Lipinski definition) is 1. The van der Waals surface area contributed by atoms with Gasteiger partial charge in [0, 0.05) is 12.7 Å². The number of aliphatic carboxylic acids is 1. The van der Waals surface area contributed by atoms with Gasteiger partial charge in [-0.2, -0.15) is 0 Å². The van der Waals surface area contributed by atoms with Gasteiger partial charge in [-0.05, 0) is 37.1 Å². The summed E-state index contributed by atoms with van der Waals surface area (Å²) in [5, 5.41) is 8.66. The Morgan fingerprint density at radius 1 is 1.33 bits per heavy atom. The lowest BCUT2D eigenvalue weighted by Gasteiger charge is -2.05. The molecule has 1 N–H and O–H groups in total. The summed E-state index contributed by atoms with van der Waals surface area (Å²) in [4.78, 5) is 10.6. The second-order valence-corrected chi connectivity index (χ2v) is 3.89. The lowest BCUT2D eigenvalue weighted by atomic mass is 10.1. The Morgan fingerprint density at radius 3 is 2.56 bits per heavy atom. The minimum Gasteiger partial charge on any atom is -0.490 e. The van der Waals surface area contributed by atoms with Crippen molar-refractivity contribution >= 4 is 5.97 Å². The van der Waals surface area contributed by atoms with Crippen molar-refractivity contribution in [1.29, 1.82) is 0 Å². The fourth-order valence-corrected chi connectivity index (χ4v) is 1.32. The van der Waals surface area contributed by atoms with Crippen LogP contribution in [-0.4, -0.2) is 31.4 Å². The Labute approximate surface area is 107 Å². The van der Waals surface area contributed by atoms with Gasteiger partial charge >= 0.3 is 5.97 Å². The molecule has 0 radical (unpaired) electrons. The second-order valence-electron chi connectivity index (χ2n) is 3.89. The first-order chi connectivity index (χ1) is 8.63. The maximum atomic E-state index is 10.6. The van der Waals surface area contributed by atoms with Crippen LogP contribution in [0, 0.1) is 0 Å². The van der Waals surface area contributed by atoms with Gasteiger partial charge in [0.15, 0.2) is 0 Å². The molecule has 1 aromatic carbocycles. The van der Waals surface area contributed by atoms with E-state index in [1.807, 2.05) is 24.3 Å². The Kier molecular flexibility index (Phi) is 5.94. The third-order valence-corrected chi connectivity index (χ3v) is 2.50. The van der Waals surface area contributed by atoms with E-state index in [4.69, 9.17) is 14.6 Å². The van der Waals surface area contributed by atoms with E-state index in [0.29, 0.717) is 6.61 Å². The van der Waals surface area contributed by atoms with Crippen molar-refractivity contribution in [2.24, 2.45) is 0 Å². The van der Waals surface area contributed by atoms with Crippen LogP contribution in [0.25, 0.3) is 0 Å². The Balaban J connectivity index is 2.44. The summed E-state index contributed by atoms with van der Waals surface area (Å²) in [5.74, 6) is -0.195.